The van der Waals surface area contributed by atoms with Crippen molar-refractivity contribution in [2.75, 3.05) is 24.4 Å². The number of hydrogen-bond donors (Lipinski definition) is 1. The van der Waals surface area contributed by atoms with Crippen molar-refractivity contribution in [3.8, 4) is 11.5 Å². The van der Waals surface area contributed by atoms with E-state index in [2.05, 4.69) is 5.32 Å². The zero-order valence-electron chi connectivity index (χ0n) is 17.4. The van der Waals surface area contributed by atoms with E-state index in [-0.39, 0.29) is 18.2 Å². The molecule has 3 aromatic carbocycles. The van der Waals surface area contributed by atoms with Crippen LogP contribution in [-0.2, 0) is 15.1 Å². The largest absolute Gasteiger partial charge is 0.493 e. The van der Waals surface area contributed by atoms with E-state index in [9.17, 15) is 9.59 Å². The number of nitrogens with zero attached hydrogens (tertiary/aromatic N) is 1. The summed E-state index contributed by atoms with van der Waals surface area (Å²) in [4.78, 5) is 28.0. The lowest BCUT2D eigenvalue weighted by atomic mass is 9.75. The summed E-state index contributed by atoms with van der Waals surface area (Å²) in [6, 6.07) is 18.8. The number of rotatable bonds is 6. The molecule has 1 atom stereocenters. The van der Waals surface area contributed by atoms with Gasteiger partial charge in [-0.3, -0.25) is 14.5 Å². The molecule has 1 fully saturated rings. The van der Waals surface area contributed by atoms with Crippen molar-refractivity contribution in [2.24, 2.45) is 0 Å². The van der Waals surface area contributed by atoms with Gasteiger partial charge in [-0.1, -0.05) is 29.3 Å². The van der Waals surface area contributed by atoms with Crippen LogP contribution in [0.4, 0.5) is 11.4 Å². The molecule has 0 radical (unpaired) electrons. The summed E-state index contributed by atoms with van der Waals surface area (Å²) in [5, 5.41) is 4.00. The Labute approximate surface area is 195 Å². The van der Waals surface area contributed by atoms with Crippen LogP contribution in [0.1, 0.15) is 12.0 Å². The van der Waals surface area contributed by atoms with Gasteiger partial charge in [0.15, 0.2) is 17.0 Å². The van der Waals surface area contributed by atoms with E-state index in [0.717, 1.165) is 0 Å². The summed E-state index contributed by atoms with van der Waals surface area (Å²) < 4.78 is 10.8. The lowest BCUT2D eigenvalue weighted by molar-refractivity contribution is -0.137. The number of carbonyl (C=O) groups excluding carboxylic acids is 2. The molecule has 1 N–H and O–H groups in total. The van der Waals surface area contributed by atoms with Crippen molar-refractivity contribution in [3.63, 3.8) is 0 Å². The van der Waals surface area contributed by atoms with E-state index < -0.39 is 5.54 Å². The van der Waals surface area contributed by atoms with Crippen LogP contribution in [0.3, 0.4) is 0 Å². The van der Waals surface area contributed by atoms with Gasteiger partial charge in [0.05, 0.1) is 20.6 Å². The summed E-state index contributed by atoms with van der Waals surface area (Å²) >= 11 is 12.0. The van der Waals surface area contributed by atoms with Crippen molar-refractivity contribution in [1.82, 2.24) is 0 Å². The predicted molar refractivity (Wildman–Crippen MR) is 125 cm³/mol. The molecule has 32 heavy (non-hydrogen) atoms. The molecule has 8 heteroatoms. The molecule has 0 spiro atoms. The maximum absolute atomic E-state index is 13.7. The number of benzene rings is 3. The summed E-state index contributed by atoms with van der Waals surface area (Å²) in [5.74, 6) is 0.433. The minimum absolute atomic E-state index is 0.00939. The lowest BCUT2D eigenvalue weighted by Crippen LogP contribution is -2.67. The van der Waals surface area contributed by atoms with Crippen molar-refractivity contribution in [2.45, 2.75) is 12.0 Å². The van der Waals surface area contributed by atoms with Gasteiger partial charge in [-0.25, -0.2) is 0 Å². The summed E-state index contributed by atoms with van der Waals surface area (Å²) in [6.07, 6.45) is -0.00939. The highest BCUT2D eigenvalue weighted by molar-refractivity contribution is 6.31. The third kappa shape index (κ3) is 3.76. The predicted octanol–water partition coefficient (Wildman–Crippen LogP) is 5.28. The highest BCUT2D eigenvalue weighted by Gasteiger charge is 2.58. The number of methoxy groups -OCH3 is 2. The Morgan fingerprint density at radius 2 is 1.50 bits per heavy atom. The SMILES string of the molecule is COc1ccc(C2(C(=O)Nc3ccc(Cl)cc3)CC(=O)N2c2ccc(Cl)cc2)cc1OC. The third-order valence-corrected chi connectivity index (χ3v) is 5.97. The van der Waals surface area contributed by atoms with Crippen LogP contribution in [0, 0.1) is 0 Å². The van der Waals surface area contributed by atoms with E-state index in [1.54, 1.807) is 66.7 Å². The molecular weight excluding hydrogens is 451 g/mol. The number of carbonyl (C=O) groups is 2. The van der Waals surface area contributed by atoms with Crippen molar-refractivity contribution >= 4 is 46.4 Å². The van der Waals surface area contributed by atoms with Gasteiger partial charge in [-0.15, -0.1) is 0 Å². The average Bonchev–Trinajstić information content (AvgIpc) is 2.79. The Kier molecular flexibility index (Phi) is 6.00. The van der Waals surface area contributed by atoms with Gasteiger partial charge >= 0.3 is 0 Å². The molecule has 1 unspecified atom stereocenters. The first-order valence-corrected chi connectivity index (χ1v) is 10.5. The summed E-state index contributed by atoms with van der Waals surface area (Å²) in [7, 11) is 3.05. The molecule has 3 aromatic rings. The van der Waals surface area contributed by atoms with Crippen LogP contribution < -0.4 is 19.7 Å². The highest BCUT2D eigenvalue weighted by Crippen LogP contribution is 2.47. The molecule has 0 saturated carbocycles. The first-order chi connectivity index (χ1) is 15.4. The van der Waals surface area contributed by atoms with E-state index in [1.165, 1.54) is 19.1 Å². The number of nitrogens with one attached hydrogen (secondary N) is 1. The van der Waals surface area contributed by atoms with E-state index in [0.29, 0.717) is 38.5 Å². The second-order valence-corrected chi connectivity index (χ2v) is 8.15. The molecule has 1 saturated heterocycles. The summed E-state index contributed by atoms with van der Waals surface area (Å²) in [6.45, 7) is 0. The molecule has 0 aromatic heterocycles. The minimum atomic E-state index is -1.29. The Hall–Kier alpha value is -3.22. The van der Waals surface area contributed by atoms with Crippen LogP contribution in [0.2, 0.25) is 10.0 Å². The van der Waals surface area contributed by atoms with Crippen LogP contribution in [0.5, 0.6) is 11.5 Å². The molecule has 1 aliphatic heterocycles. The molecule has 1 heterocycles. The highest BCUT2D eigenvalue weighted by atomic mass is 35.5. The standard InChI is InChI=1S/C24H20Cl2N2O4/c1-31-20-12-3-15(13-21(20)32-2)24(23(30)27-18-8-4-16(25)5-9-18)14-22(29)28(24)19-10-6-17(26)7-11-19/h3-13H,14H2,1-2H3,(H,27,30). The van der Waals surface area contributed by atoms with Crippen LogP contribution in [0.15, 0.2) is 66.7 Å². The molecule has 164 valence electrons. The molecule has 6 nitrogen and oxygen atoms in total. The number of amides is 2. The molecule has 1 aliphatic rings. The van der Waals surface area contributed by atoms with Crippen LogP contribution >= 0.6 is 23.2 Å². The number of hydrogen-bond acceptors (Lipinski definition) is 4. The number of anilines is 2. The van der Waals surface area contributed by atoms with Crippen molar-refractivity contribution < 1.29 is 19.1 Å². The monoisotopic (exact) mass is 470 g/mol. The average molecular weight is 471 g/mol. The first kappa shape index (κ1) is 22.0. The van der Waals surface area contributed by atoms with Gasteiger partial charge in [0.2, 0.25) is 5.91 Å². The van der Waals surface area contributed by atoms with Gasteiger partial charge in [0.25, 0.3) is 5.91 Å². The van der Waals surface area contributed by atoms with Gasteiger partial charge < -0.3 is 14.8 Å². The maximum Gasteiger partial charge on any atom is 0.255 e. The Bertz CT molecular complexity index is 1170. The Morgan fingerprint density at radius 1 is 0.906 bits per heavy atom. The van der Waals surface area contributed by atoms with E-state index in [4.69, 9.17) is 32.7 Å². The third-order valence-electron chi connectivity index (χ3n) is 5.46. The van der Waals surface area contributed by atoms with Gasteiger partial charge in [-0.05, 0) is 66.2 Å². The fraction of sp³-hybridized carbons (Fsp3) is 0.167. The molecule has 0 aliphatic carbocycles. The molecule has 2 amide bonds. The molecule has 0 bridgehead atoms. The fourth-order valence-electron chi connectivity index (χ4n) is 3.86. The maximum atomic E-state index is 13.7. The van der Waals surface area contributed by atoms with Gasteiger partial charge in [0, 0.05) is 21.4 Å². The number of β-lactam (4-membered cyclic amide) rings is 1. The molecule has 4 rings (SSSR count). The van der Waals surface area contributed by atoms with Gasteiger partial charge in [-0.2, -0.15) is 0 Å². The molecular formula is C24H20Cl2N2O4. The van der Waals surface area contributed by atoms with E-state index >= 15 is 0 Å². The first-order valence-electron chi connectivity index (χ1n) is 9.77. The van der Waals surface area contributed by atoms with Crippen molar-refractivity contribution in [1.29, 1.82) is 0 Å². The Morgan fingerprint density at radius 3 is 2.06 bits per heavy atom. The van der Waals surface area contributed by atoms with E-state index in [1.807, 2.05) is 0 Å². The topological polar surface area (TPSA) is 67.9 Å². The number of halogens is 2. The fourth-order valence-corrected chi connectivity index (χ4v) is 4.11. The zero-order chi connectivity index (χ0) is 22.9. The minimum Gasteiger partial charge on any atom is -0.493 e. The van der Waals surface area contributed by atoms with Crippen LogP contribution in [0.25, 0.3) is 0 Å². The quantitative estimate of drug-likeness (QED) is 0.497. The van der Waals surface area contributed by atoms with Crippen molar-refractivity contribution in [3.05, 3.63) is 82.3 Å². The normalized spacial score (nSPS) is 17.5. The Balaban J connectivity index is 1.82. The second kappa shape index (κ2) is 8.73. The van der Waals surface area contributed by atoms with Gasteiger partial charge in [0.1, 0.15) is 0 Å². The second-order valence-electron chi connectivity index (χ2n) is 7.27. The van der Waals surface area contributed by atoms with Crippen LogP contribution in [-0.4, -0.2) is 26.0 Å². The summed E-state index contributed by atoms with van der Waals surface area (Å²) in [5.41, 5.74) is 0.432. The lowest BCUT2D eigenvalue weighted by Gasteiger charge is -2.50. The zero-order valence-corrected chi connectivity index (χ0v) is 18.9. The smallest absolute Gasteiger partial charge is 0.255 e. The number of ether oxygens (including phenoxy) is 2.